The van der Waals surface area contributed by atoms with E-state index in [0.29, 0.717) is 5.02 Å². The van der Waals surface area contributed by atoms with E-state index in [4.69, 9.17) is 11.6 Å². The van der Waals surface area contributed by atoms with Crippen molar-refractivity contribution in [2.24, 2.45) is 0 Å². The van der Waals surface area contributed by atoms with Crippen molar-refractivity contribution in [2.75, 3.05) is 5.32 Å². The van der Waals surface area contributed by atoms with Crippen molar-refractivity contribution in [2.45, 2.75) is 32.4 Å². The summed E-state index contributed by atoms with van der Waals surface area (Å²) in [7, 11) is 0. The summed E-state index contributed by atoms with van der Waals surface area (Å²) >= 11 is 6.54. The lowest BCUT2D eigenvalue weighted by Crippen LogP contribution is -2.14. The summed E-state index contributed by atoms with van der Waals surface area (Å²) in [5.74, 6) is 0. The van der Waals surface area contributed by atoms with Gasteiger partial charge in [-0.05, 0) is 61.2 Å². The van der Waals surface area contributed by atoms with E-state index >= 15 is 0 Å². The maximum atomic E-state index is 10.2. The molecule has 30 heavy (non-hydrogen) atoms. The van der Waals surface area contributed by atoms with Crippen LogP contribution in [0.5, 0.6) is 0 Å². The monoisotopic (exact) mass is 417 g/mol. The molecule has 0 aliphatic rings. The highest BCUT2D eigenvalue weighted by atomic mass is 35.5. The van der Waals surface area contributed by atoms with Crippen molar-refractivity contribution in [3.8, 4) is 11.1 Å². The fourth-order valence-corrected chi connectivity index (χ4v) is 3.70. The minimum atomic E-state index is -0.862. The lowest BCUT2D eigenvalue weighted by molar-refractivity contribution is 0.0786. The zero-order valence-electron chi connectivity index (χ0n) is 17.2. The number of fused-ring (bicyclic) bond motifs is 1. The lowest BCUT2D eigenvalue weighted by Gasteiger charge is -2.19. The number of aliphatic hydroxyl groups is 1. The molecule has 1 atom stereocenters. The smallest absolute Gasteiger partial charge is 0.0840 e. The van der Waals surface area contributed by atoms with Crippen LogP contribution < -0.4 is 5.32 Å². The van der Waals surface area contributed by atoms with Gasteiger partial charge in [0.25, 0.3) is 0 Å². The van der Waals surface area contributed by atoms with Crippen LogP contribution >= 0.6 is 11.6 Å². The first-order chi connectivity index (χ1) is 14.3. The topological polar surface area (TPSA) is 58.0 Å². The molecule has 0 aliphatic heterocycles. The number of hydrogen-bond donors (Lipinski definition) is 2. The normalized spacial score (nSPS) is 12.7. The van der Waals surface area contributed by atoms with E-state index in [0.717, 1.165) is 38.8 Å². The van der Waals surface area contributed by atoms with E-state index in [-0.39, 0.29) is 6.04 Å². The van der Waals surface area contributed by atoms with Gasteiger partial charge < -0.3 is 10.4 Å². The zero-order valence-corrected chi connectivity index (χ0v) is 18.0. The Bertz CT molecular complexity index is 1170. The number of anilines is 1. The Hall–Kier alpha value is -2.95. The fraction of sp³-hybridized carbons (Fsp3) is 0.200. The van der Waals surface area contributed by atoms with Crippen molar-refractivity contribution in [1.29, 1.82) is 0 Å². The van der Waals surface area contributed by atoms with Gasteiger partial charge in [-0.2, -0.15) is 0 Å². The maximum absolute atomic E-state index is 10.2. The van der Waals surface area contributed by atoms with Crippen molar-refractivity contribution in [1.82, 2.24) is 9.97 Å². The van der Waals surface area contributed by atoms with Crippen molar-refractivity contribution in [3.63, 3.8) is 0 Å². The van der Waals surface area contributed by atoms with Crippen molar-refractivity contribution < 1.29 is 5.11 Å². The lowest BCUT2D eigenvalue weighted by atomic mass is 9.95. The average molecular weight is 418 g/mol. The zero-order chi connectivity index (χ0) is 21.3. The van der Waals surface area contributed by atoms with E-state index in [2.05, 4.69) is 34.3 Å². The van der Waals surface area contributed by atoms with Crippen LogP contribution in [0.3, 0.4) is 0 Å². The minimum absolute atomic E-state index is 0.0384. The van der Waals surface area contributed by atoms with Gasteiger partial charge in [0.15, 0.2) is 0 Å². The van der Waals surface area contributed by atoms with E-state index in [9.17, 15) is 5.11 Å². The first kappa shape index (κ1) is 20.3. The quantitative estimate of drug-likeness (QED) is 0.397. The summed E-state index contributed by atoms with van der Waals surface area (Å²) in [6, 6.07) is 18.1. The molecular weight excluding hydrogens is 394 g/mol. The summed E-state index contributed by atoms with van der Waals surface area (Å²) in [6.45, 7) is 5.65. The Balaban J connectivity index is 1.74. The largest absolute Gasteiger partial charge is 0.386 e. The van der Waals surface area contributed by atoms with E-state index in [1.165, 1.54) is 0 Å². The molecule has 2 aromatic heterocycles. The number of aromatic nitrogens is 2. The van der Waals surface area contributed by atoms with Crippen LogP contribution in [0.25, 0.3) is 22.0 Å². The summed E-state index contributed by atoms with van der Waals surface area (Å²) in [5, 5.41) is 15.3. The van der Waals surface area contributed by atoms with Gasteiger partial charge in [0, 0.05) is 24.0 Å². The number of hydrogen-bond acceptors (Lipinski definition) is 4. The molecule has 0 spiro atoms. The van der Waals surface area contributed by atoms with Crippen LogP contribution in [0.1, 0.15) is 37.9 Å². The summed E-state index contributed by atoms with van der Waals surface area (Å²) in [4.78, 5) is 8.69. The predicted octanol–water partition coefficient (Wildman–Crippen LogP) is 6.35. The molecule has 0 amide bonds. The Labute approximate surface area is 181 Å². The molecule has 4 rings (SSSR count). The van der Waals surface area contributed by atoms with Gasteiger partial charge in [-0.15, -0.1) is 0 Å². The van der Waals surface area contributed by atoms with E-state index in [1.807, 2.05) is 48.7 Å². The summed E-state index contributed by atoms with van der Waals surface area (Å²) < 4.78 is 0. The highest BCUT2D eigenvalue weighted by Crippen LogP contribution is 2.35. The third-order valence-corrected chi connectivity index (χ3v) is 5.58. The van der Waals surface area contributed by atoms with E-state index in [1.54, 1.807) is 26.2 Å². The van der Waals surface area contributed by atoms with Crippen LogP contribution in [0, 0.1) is 0 Å². The molecule has 0 saturated carbocycles. The molecule has 0 saturated heterocycles. The molecule has 152 valence electrons. The van der Waals surface area contributed by atoms with Crippen LogP contribution in [0.2, 0.25) is 5.02 Å². The van der Waals surface area contributed by atoms with Gasteiger partial charge >= 0.3 is 0 Å². The highest BCUT2D eigenvalue weighted by Gasteiger charge is 2.16. The van der Waals surface area contributed by atoms with E-state index < -0.39 is 5.60 Å². The van der Waals surface area contributed by atoms with Crippen LogP contribution in [0.4, 0.5) is 5.69 Å². The second-order valence-corrected chi connectivity index (χ2v) is 8.41. The number of halogens is 1. The predicted molar refractivity (Wildman–Crippen MR) is 124 cm³/mol. The van der Waals surface area contributed by atoms with Gasteiger partial charge in [0.1, 0.15) is 0 Å². The van der Waals surface area contributed by atoms with Gasteiger partial charge in [0.05, 0.1) is 27.9 Å². The van der Waals surface area contributed by atoms with Crippen molar-refractivity contribution in [3.05, 3.63) is 89.3 Å². The van der Waals surface area contributed by atoms with Crippen LogP contribution in [-0.2, 0) is 5.60 Å². The molecule has 4 aromatic rings. The number of pyridine rings is 2. The number of benzene rings is 2. The Morgan fingerprint density at radius 1 is 1.00 bits per heavy atom. The number of nitrogens with zero attached hydrogens (tertiary/aromatic N) is 2. The summed E-state index contributed by atoms with van der Waals surface area (Å²) in [6.07, 6.45) is 5.30. The number of nitrogens with one attached hydrogen (secondary N) is 1. The third kappa shape index (κ3) is 4.16. The highest BCUT2D eigenvalue weighted by molar-refractivity contribution is 6.34. The Kier molecular flexibility index (Phi) is 5.46. The first-order valence-electron chi connectivity index (χ1n) is 9.91. The molecule has 0 fully saturated rings. The second-order valence-electron chi connectivity index (χ2n) is 8.00. The van der Waals surface area contributed by atoms with Gasteiger partial charge in [-0.3, -0.25) is 9.97 Å². The van der Waals surface area contributed by atoms with Crippen LogP contribution in [-0.4, -0.2) is 15.1 Å². The molecule has 2 N–H and O–H groups in total. The third-order valence-electron chi connectivity index (χ3n) is 5.29. The molecule has 5 heteroatoms. The molecular formula is C25H24ClN3O. The van der Waals surface area contributed by atoms with Gasteiger partial charge in [0.2, 0.25) is 0 Å². The summed E-state index contributed by atoms with van der Waals surface area (Å²) in [5.41, 5.74) is 4.95. The molecule has 0 bridgehead atoms. The molecule has 0 aliphatic carbocycles. The molecule has 1 unspecified atom stereocenters. The SMILES string of the molecule is CC(Nc1c(Cl)cnc2ccc(-c3ccc(C(C)(C)O)cc3)cc12)c1cccnc1. The maximum Gasteiger partial charge on any atom is 0.0840 e. The minimum Gasteiger partial charge on any atom is -0.386 e. The van der Waals surface area contributed by atoms with Gasteiger partial charge in [-0.25, -0.2) is 0 Å². The van der Waals surface area contributed by atoms with Crippen LogP contribution in [0.15, 0.2) is 73.2 Å². The second kappa shape index (κ2) is 8.05. The molecule has 4 nitrogen and oxygen atoms in total. The Morgan fingerprint density at radius 3 is 2.40 bits per heavy atom. The first-order valence-corrected chi connectivity index (χ1v) is 10.3. The molecule has 2 heterocycles. The van der Waals surface area contributed by atoms with Gasteiger partial charge in [-0.1, -0.05) is 48.0 Å². The fourth-order valence-electron chi connectivity index (χ4n) is 3.50. The molecule has 0 radical (unpaired) electrons. The molecule has 2 aromatic carbocycles. The standard InChI is InChI=1S/C25H24ClN3O/c1-16(19-5-4-12-27-14-19)29-24-21-13-18(8-11-23(21)28-15-22(24)26)17-6-9-20(10-7-17)25(2,3)30/h4-16,30H,1-3H3,(H,28,29). The number of rotatable bonds is 5. The average Bonchev–Trinajstić information content (AvgIpc) is 2.75. The van der Waals surface area contributed by atoms with Crippen molar-refractivity contribution >= 4 is 28.2 Å². The Morgan fingerprint density at radius 2 is 1.73 bits per heavy atom.